The summed E-state index contributed by atoms with van der Waals surface area (Å²) in [6, 6.07) is 0. The van der Waals surface area contributed by atoms with Crippen molar-refractivity contribution in [2.75, 3.05) is 0 Å². The first-order valence-electron chi connectivity index (χ1n) is 5.31. The van der Waals surface area contributed by atoms with Crippen LogP contribution < -0.4 is 0 Å². The van der Waals surface area contributed by atoms with E-state index in [1.165, 1.54) is 25.5 Å². The number of aromatic carboxylic acids is 1. The molecule has 1 aromatic heterocycles. The van der Waals surface area contributed by atoms with E-state index in [0.717, 1.165) is 12.8 Å². The molecule has 15 heavy (non-hydrogen) atoms. The highest BCUT2D eigenvalue weighted by molar-refractivity contribution is 5.84. The first-order valence-corrected chi connectivity index (χ1v) is 5.31. The largest absolute Gasteiger partial charge is 0.476 e. The summed E-state index contributed by atoms with van der Waals surface area (Å²) >= 11 is 0. The Hall–Kier alpha value is -1.32. The zero-order valence-corrected chi connectivity index (χ0v) is 8.82. The quantitative estimate of drug-likeness (QED) is 0.813. The Morgan fingerprint density at radius 3 is 2.67 bits per heavy atom. The van der Waals surface area contributed by atoms with Gasteiger partial charge in [-0.2, -0.15) is 0 Å². The molecule has 1 fully saturated rings. The molecule has 0 radical (unpaired) electrons. The van der Waals surface area contributed by atoms with Gasteiger partial charge in [-0.1, -0.05) is 26.2 Å². The summed E-state index contributed by atoms with van der Waals surface area (Å²) in [6.07, 6.45) is 6.89. The van der Waals surface area contributed by atoms with Crippen molar-refractivity contribution in [1.29, 1.82) is 0 Å². The van der Waals surface area contributed by atoms with Gasteiger partial charge in [0.25, 0.3) is 0 Å². The number of rotatable bonds is 2. The van der Waals surface area contributed by atoms with E-state index in [9.17, 15) is 4.79 Å². The molecule has 0 atom stereocenters. The highest BCUT2D eigenvalue weighted by atomic mass is 16.4. The van der Waals surface area contributed by atoms with Crippen molar-refractivity contribution in [1.82, 2.24) is 4.98 Å². The summed E-state index contributed by atoms with van der Waals surface area (Å²) in [5, 5.41) is 8.76. The van der Waals surface area contributed by atoms with Crippen LogP contribution in [0.25, 0.3) is 0 Å². The van der Waals surface area contributed by atoms with Crippen LogP contribution in [0.5, 0.6) is 0 Å². The molecule has 1 aliphatic carbocycles. The topological polar surface area (TPSA) is 63.3 Å². The first-order chi connectivity index (χ1) is 7.12. The molecular weight excluding hydrogens is 194 g/mol. The monoisotopic (exact) mass is 209 g/mol. The second kappa shape index (κ2) is 3.68. The molecule has 2 rings (SSSR count). The second-order valence-electron chi connectivity index (χ2n) is 4.46. The molecule has 4 heteroatoms. The smallest absolute Gasteiger partial charge is 0.357 e. The minimum atomic E-state index is -1.02. The average Bonchev–Trinajstić information content (AvgIpc) is 2.68. The van der Waals surface area contributed by atoms with E-state index in [1.54, 1.807) is 0 Å². The van der Waals surface area contributed by atoms with Crippen LogP contribution in [0.1, 0.15) is 55.4 Å². The van der Waals surface area contributed by atoms with Crippen molar-refractivity contribution in [2.24, 2.45) is 0 Å². The van der Waals surface area contributed by atoms with Crippen LogP contribution in [0.3, 0.4) is 0 Å². The van der Waals surface area contributed by atoms with Crippen molar-refractivity contribution < 1.29 is 14.3 Å². The molecule has 0 aliphatic heterocycles. The summed E-state index contributed by atoms with van der Waals surface area (Å²) in [4.78, 5) is 14.7. The Labute approximate surface area is 88.3 Å². The zero-order valence-electron chi connectivity index (χ0n) is 8.82. The van der Waals surface area contributed by atoms with E-state index in [0.29, 0.717) is 5.89 Å². The summed E-state index contributed by atoms with van der Waals surface area (Å²) in [5.74, 6) is -0.441. The summed E-state index contributed by atoms with van der Waals surface area (Å²) in [7, 11) is 0. The van der Waals surface area contributed by atoms with Crippen LogP contribution in [0.15, 0.2) is 10.7 Å². The third-order valence-electron chi connectivity index (χ3n) is 3.20. The van der Waals surface area contributed by atoms with Gasteiger partial charge in [0.05, 0.1) is 0 Å². The average molecular weight is 209 g/mol. The molecule has 0 amide bonds. The predicted octanol–water partition coefficient (Wildman–Crippen LogP) is 2.59. The van der Waals surface area contributed by atoms with Gasteiger partial charge < -0.3 is 9.52 Å². The third-order valence-corrected chi connectivity index (χ3v) is 3.20. The maximum Gasteiger partial charge on any atom is 0.357 e. The van der Waals surface area contributed by atoms with Gasteiger partial charge in [-0.05, 0) is 12.8 Å². The Balaban J connectivity index is 2.23. The fourth-order valence-electron chi connectivity index (χ4n) is 2.20. The lowest BCUT2D eigenvalue weighted by atomic mass is 9.76. The number of carbonyl (C=O) groups is 1. The molecule has 1 saturated carbocycles. The highest BCUT2D eigenvalue weighted by Crippen LogP contribution is 2.38. The summed E-state index contributed by atoms with van der Waals surface area (Å²) < 4.78 is 5.28. The standard InChI is InChI=1S/C11H15NO3/c1-11(5-3-2-4-6-11)10-12-8(7-15-10)9(13)14/h7H,2-6H2,1H3,(H,13,14). The number of aromatic nitrogens is 1. The van der Waals surface area contributed by atoms with Gasteiger partial charge in [0.1, 0.15) is 6.26 Å². The van der Waals surface area contributed by atoms with Crippen LogP contribution >= 0.6 is 0 Å². The van der Waals surface area contributed by atoms with Gasteiger partial charge in [0, 0.05) is 5.41 Å². The van der Waals surface area contributed by atoms with E-state index in [1.807, 2.05) is 0 Å². The number of carboxylic acid groups (broad SMARTS) is 1. The molecule has 0 spiro atoms. The third kappa shape index (κ3) is 1.89. The van der Waals surface area contributed by atoms with Crippen LogP contribution in [0, 0.1) is 0 Å². The van der Waals surface area contributed by atoms with Gasteiger partial charge in [-0.3, -0.25) is 0 Å². The van der Waals surface area contributed by atoms with E-state index < -0.39 is 5.97 Å². The van der Waals surface area contributed by atoms with Crippen molar-refractivity contribution in [3.63, 3.8) is 0 Å². The Bertz CT molecular complexity index is 364. The number of hydrogen-bond acceptors (Lipinski definition) is 3. The number of nitrogens with zero attached hydrogens (tertiary/aromatic N) is 1. The highest BCUT2D eigenvalue weighted by Gasteiger charge is 2.33. The van der Waals surface area contributed by atoms with Gasteiger partial charge in [-0.15, -0.1) is 0 Å². The van der Waals surface area contributed by atoms with Gasteiger partial charge in [0.2, 0.25) is 5.89 Å². The van der Waals surface area contributed by atoms with E-state index in [4.69, 9.17) is 9.52 Å². The lowest BCUT2D eigenvalue weighted by Crippen LogP contribution is -2.25. The van der Waals surface area contributed by atoms with Crippen molar-refractivity contribution >= 4 is 5.97 Å². The number of oxazole rings is 1. The zero-order chi connectivity index (χ0) is 10.9. The van der Waals surface area contributed by atoms with Crippen molar-refractivity contribution in [2.45, 2.75) is 44.4 Å². The molecule has 1 N–H and O–H groups in total. The summed E-state index contributed by atoms with van der Waals surface area (Å²) in [5.41, 5.74) is -0.0526. The Kier molecular flexibility index (Phi) is 2.50. The maximum atomic E-state index is 10.7. The maximum absolute atomic E-state index is 10.7. The van der Waals surface area contributed by atoms with E-state index in [-0.39, 0.29) is 11.1 Å². The van der Waals surface area contributed by atoms with Crippen LogP contribution in [0.2, 0.25) is 0 Å². The molecule has 1 aliphatic rings. The molecule has 0 unspecified atom stereocenters. The van der Waals surface area contributed by atoms with Crippen LogP contribution in [-0.4, -0.2) is 16.1 Å². The van der Waals surface area contributed by atoms with Gasteiger partial charge >= 0.3 is 5.97 Å². The molecule has 4 nitrogen and oxygen atoms in total. The Morgan fingerprint density at radius 2 is 2.13 bits per heavy atom. The molecule has 1 heterocycles. The van der Waals surface area contributed by atoms with Crippen molar-refractivity contribution in [3.8, 4) is 0 Å². The van der Waals surface area contributed by atoms with Crippen LogP contribution in [0.4, 0.5) is 0 Å². The normalized spacial score (nSPS) is 20.1. The molecule has 1 aromatic rings. The van der Waals surface area contributed by atoms with Crippen molar-refractivity contribution in [3.05, 3.63) is 17.8 Å². The fraction of sp³-hybridized carbons (Fsp3) is 0.636. The van der Waals surface area contributed by atoms with E-state index >= 15 is 0 Å². The van der Waals surface area contributed by atoms with E-state index in [2.05, 4.69) is 11.9 Å². The van der Waals surface area contributed by atoms with Gasteiger partial charge in [0.15, 0.2) is 5.69 Å². The lowest BCUT2D eigenvalue weighted by molar-refractivity contribution is 0.0690. The predicted molar refractivity (Wildman–Crippen MR) is 53.9 cm³/mol. The molecular formula is C11H15NO3. The first kappa shape index (κ1) is 10.2. The SMILES string of the molecule is CC1(c2nc(C(=O)O)co2)CCCCC1. The summed E-state index contributed by atoms with van der Waals surface area (Å²) in [6.45, 7) is 2.10. The molecule has 0 bridgehead atoms. The molecule has 0 saturated heterocycles. The molecule has 82 valence electrons. The second-order valence-corrected chi connectivity index (χ2v) is 4.46. The number of carboxylic acids is 1. The lowest BCUT2D eigenvalue weighted by Gasteiger charge is -2.30. The van der Waals surface area contributed by atoms with Crippen LogP contribution in [-0.2, 0) is 5.41 Å². The number of hydrogen-bond donors (Lipinski definition) is 1. The molecule has 0 aromatic carbocycles. The Morgan fingerprint density at radius 1 is 1.47 bits per heavy atom. The van der Waals surface area contributed by atoms with Gasteiger partial charge in [-0.25, -0.2) is 9.78 Å². The minimum Gasteiger partial charge on any atom is -0.476 e. The fourth-order valence-corrected chi connectivity index (χ4v) is 2.20. The minimum absolute atomic E-state index is 0.0109.